The molecule has 0 radical (unpaired) electrons. The van der Waals surface area contributed by atoms with Crippen molar-refractivity contribution in [3.8, 4) is 0 Å². The molecule has 2 heterocycles. The quantitative estimate of drug-likeness (QED) is 0.902. The topological polar surface area (TPSA) is 33.1 Å². The van der Waals surface area contributed by atoms with Gasteiger partial charge in [-0.05, 0) is 31.6 Å². The number of hydrogen-bond acceptors (Lipinski definition) is 3. The van der Waals surface area contributed by atoms with Crippen LogP contribution in [0.15, 0.2) is 0 Å². The van der Waals surface area contributed by atoms with Gasteiger partial charge in [-0.15, -0.1) is 0 Å². The lowest BCUT2D eigenvalue weighted by Gasteiger charge is -2.20. The Hall–Kier alpha value is -1.03. The van der Waals surface area contributed by atoms with Gasteiger partial charge in [0.25, 0.3) is 0 Å². The van der Waals surface area contributed by atoms with Crippen molar-refractivity contribution in [2.24, 2.45) is 18.9 Å². The van der Waals surface area contributed by atoms with E-state index in [2.05, 4.69) is 47.8 Å². The average molecular weight is 262 g/mol. The third-order valence-electron chi connectivity index (χ3n) is 4.75. The van der Waals surface area contributed by atoms with Crippen LogP contribution in [-0.2, 0) is 13.6 Å². The Balaban J connectivity index is 1.82. The van der Waals surface area contributed by atoms with Gasteiger partial charge in [-0.1, -0.05) is 13.8 Å². The van der Waals surface area contributed by atoms with E-state index < -0.39 is 0 Å². The first-order chi connectivity index (χ1) is 9.06. The number of aromatic nitrogens is 2. The van der Waals surface area contributed by atoms with Gasteiger partial charge in [0.2, 0.25) is 0 Å². The molecule has 1 saturated carbocycles. The Labute approximate surface area is 116 Å². The smallest absolute Gasteiger partial charge is 0.131 e. The van der Waals surface area contributed by atoms with Crippen molar-refractivity contribution in [1.82, 2.24) is 15.1 Å². The van der Waals surface area contributed by atoms with E-state index in [1.165, 1.54) is 29.9 Å². The zero-order valence-corrected chi connectivity index (χ0v) is 12.6. The molecule has 0 bridgehead atoms. The Bertz CT molecular complexity index is 451. The van der Waals surface area contributed by atoms with Gasteiger partial charge >= 0.3 is 0 Å². The van der Waals surface area contributed by atoms with Crippen LogP contribution in [0, 0.1) is 18.8 Å². The van der Waals surface area contributed by atoms with Gasteiger partial charge in [-0.25, -0.2) is 0 Å². The normalized spacial score (nSPS) is 27.3. The Kier molecular flexibility index (Phi) is 3.29. The first-order valence-corrected chi connectivity index (χ1v) is 7.57. The van der Waals surface area contributed by atoms with Crippen LogP contribution in [0.25, 0.3) is 0 Å². The lowest BCUT2D eigenvalue weighted by molar-refractivity contribution is 0.494. The Morgan fingerprint density at radius 1 is 1.21 bits per heavy atom. The molecule has 1 saturated heterocycles. The minimum absolute atomic E-state index is 0.754. The highest BCUT2D eigenvalue weighted by atomic mass is 15.4. The summed E-state index contributed by atoms with van der Waals surface area (Å²) in [4.78, 5) is 2.53. The van der Waals surface area contributed by atoms with Crippen LogP contribution >= 0.6 is 0 Å². The molecule has 19 heavy (non-hydrogen) atoms. The maximum atomic E-state index is 4.64. The standard InChI is InChI=1S/C15H26N4/c1-10-8-19(9-11(10)2)15-14(7-16-13-5-6-13)12(3)17-18(15)4/h10-11,13,16H,5-9H2,1-4H3. The number of nitrogens with zero attached hydrogens (tertiary/aromatic N) is 3. The second-order valence-corrected chi connectivity index (χ2v) is 6.53. The molecule has 0 aromatic carbocycles. The van der Waals surface area contributed by atoms with Crippen LogP contribution in [0.3, 0.4) is 0 Å². The maximum absolute atomic E-state index is 4.64. The summed E-state index contributed by atoms with van der Waals surface area (Å²) in [7, 11) is 2.08. The fraction of sp³-hybridized carbons (Fsp3) is 0.800. The molecular formula is C15H26N4. The summed E-state index contributed by atoms with van der Waals surface area (Å²) in [5.74, 6) is 2.89. The third kappa shape index (κ3) is 2.50. The largest absolute Gasteiger partial charge is 0.356 e. The van der Waals surface area contributed by atoms with Crippen molar-refractivity contribution >= 4 is 5.82 Å². The molecule has 2 aliphatic rings. The minimum Gasteiger partial charge on any atom is -0.356 e. The highest BCUT2D eigenvalue weighted by molar-refractivity contribution is 5.51. The zero-order valence-electron chi connectivity index (χ0n) is 12.6. The molecular weight excluding hydrogens is 236 g/mol. The highest BCUT2D eigenvalue weighted by Gasteiger charge is 2.30. The van der Waals surface area contributed by atoms with Gasteiger partial charge in [-0.3, -0.25) is 4.68 Å². The SMILES string of the molecule is Cc1nn(C)c(N2CC(C)C(C)C2)c1CNC1CC1. The molecule has 1 aliphatic carbocycles. The number of rotatable bonds is 4. The van der Waals surface area contributed by atoms with E-state index in [4.69, 9.17) is 0 Å². The first-order valence-electron chi connectivity index (χ1n) is 7.57. The summed E-state index contributed by atoms with van der Waals surface area (Å²) < 4.78 is 2.07. The van der Waals surface area contributed by atoms with E-state index in [0.717, 1.165) is 37.5 Å². The van der Waals surface area contributed by atoms with Crippen molar-refractivity contribution in [1.29, 1.82) is 0 Å². The fourth-order valence-corrected chi connectivity index (χ4v) is 3.13. The molecule has 1 aromatic rings. The molecule has 1 N–H and O–H groups in total. The van der Waals surface area contributed by atoms with Gasteiger partial charge < -0.3 is 10.2 Å². The summed E-state index contributed by atoms with van der Waals surface area (Å²) >= 11 is 0. The minimum atomic E-state index is 0.754. The maximum Gasteiger partial charge on any atom is 0.131 e. The molecule has 2 fully saturated rings. The van der Waals surface area contributed by atoms with Crippen molar-refractivity contribution in [3.63, 3.8) is 0 Å². The third-order valence-corrected chi connectivity index (χ3v) is 4.75. The van der Waals surface area contributed by atoms with E-state index in [0.29, 0.717) is 0 Å². The molecule has 3 rings (SSSR count). The average Bonchev–Trinajstić information content (AvgIpc) is 3.05. The van der Waals surface area contributed by atoms with Crippen LogP contribution in [0.1, 0.15) is 37.9 Å². The Morgan fingerprint density at radius 2 is 1.84 bits per heavy atom. The fourth-order valence-electron chi connectivity index (χ4n) is 3.13. The number of nitrogens with one attached hydrogen (secondary N) is 1. The molecule has 0 spiro atoms. The van der Waals surface area contributed by atoms with Crippen LogP contribution in [0.4, 0.5) is 5.82 Å². The molecule has 0 amide bonds. The summed E-state index contributed by atoms with van der Waals surface area (Å²) in [5, 5.41) is 8.27. The molecule has 1 aromatic heterocycles. The first kappa shape index (κ1) is 13.0. The summed E-state index contributed by atoms with van der Waals surface area (Å²) in [6.07, 6.45) is 2.68. The monoisotopic (exact) mass is 262 g/mol. The van der Waals surface area contributed by atoms with Crippen molar-refractivity contribution < 1.29 is 0 Å². The van der Waals surface area contributed by atoms with Gasteiger partial charge in [0.1, 0.15) is 5.82 Å². The predicted octanol–water partition coefficient (Wildman–Crippen LogP) is 2.07. The predicted molar refractivity (Wildman–Crippen MR) is 78.3 cm³/mol. The number of hydrogen-bond donors (Lipinski definition) is 1. The van der Waals surface area contributed by atoms with Crippen molar-refractivity contribution in [3.05, 3.63) is 11.3 Å². The second-order valence-electron chi connectivity index (χ2n) is 6.53. The lowest BCUT2D eigenvalue weighted by atomic mass is 10.0. The molecule has 1 aliphatic heterocycles. The summed E-state index contributed by atoms with van der Waals surface area (Å²) in [6, 6.07) is 0.754. The zero-order chi connectivity index (χ0) is 13.6. The van der Waals surface area contributed by atoms with Gasteiger partial charge in [0, 0.05) is 38.3 Å². The van der Waals surface area contributed by atoms with E-state index in [-0.39, 0.29) is 0 Å². The molecule has 4 heteroatoms. The lowest BCUT2D eigenvalue weighted by Crippen LogP contribution is -2.25. The molecule has 106 valence electrons. The molecule has 2 atom stereocenters. The van der Waals surface area contributed by atoms with Crippen molar-refractivity contribution in [2.45, 2.75) is 46.2 Å². The number of anilines is 1. The highest BCUT2D eigenvalue weighted by Crippen LogP contribution is 2.31. The van der Waals surface area contributed by atoms with Gasteiger partial charge in [-0.2, -0.15) is 5.10 Å². The van der Waals surface area contributed by atoms with Crippen LogP contribution in [0.5, 0.6) is 0 Å². The molecule has 2 unspecified atom stereocenters. The van der Waals surface area contributed by atoms with Crippen LogP contribution in [0.2, 0.25) is 0 Å². The van der Waals surface area contributed by atoms with E-state index in [1.807, 2.05) is 0 Å². The van der Waals surface area contributed by atoms with Gasteiger partial charge in [0.15, 0.2) is 0 Å². The Morgan fingerprint density at radius 3 is 2.42 bits per heavy atom. The number of aryl methyl sites for hydroxylation is 2. The van der Waals surface area contributed by atoms with E-state index in [9.17, 15) is 0 Å². The van der Waals surface area contributed by atoms with E-state index >= 15 is 0 Å². The van der Waals surface area contributed by atoms with Crippen LogP contribution in [-0.4, -0.2) is 28.9 Å². The second kappa shape index (κ2) is 4.82. The van der Waals surface area contributed by atoms with E-state index in [1.54, 1.807) is 0 Å². The van der Waals surface area contributed by atoms with Crippen molar-refractivity contribution in [2.75, 3.05) is 18.0 Å². The van der Waals surface area contributed by atoms with Crippen LogP contribution < -0.4 is 10.2 Å². The molecule has 4 nitrogen and oxygen atoms in total. The summed E-state index contributed by atoms with van der Waals surface area (Å²) in [5.41, 5.74) is 2.58. The summed E-state index contributed by atoms with van der Waals surface area (Å²) in [6.45, 7) is 10.1. The van der Waals surface area contributed by atoms with Gasteiger partial charge in [0.05, 0.1) is 5.69 Å².